The summed E-state index contributed by atoms with van der Waals surface area (Å²) < 4.78 is 14.4. The first kappa shape index (κ1) is 11.8. The van der Waals surface area contributed by atoms with Crippen LogP contribution in [0.25, 0.3) is 0 Å². The topological polar surface area (TPSA) is 12.0 Å². The number of rotatable bonds is 4. The summed E-state index contributed by atoms with van der Waals surface area (Å²) in [6.07, 6.45) is 0. The summed E-state index contributed by atoms with van der Waals surface area (Å²) >= 11 is 5.15. The molecule has 0 amide bonds. The minimum absolute atomic E-state index is 0.153. The van der Waals surface area contributed by atoms with E-state index >= 15 is 0 Å². The molecule has 0 aliphatic rings. The minimum atomic E-state index is -0.153. The SMILES string of the molecule is Fc1ccccc1CNCc1sccc1Br. The van der Waals surface area contributed by atoms with Gasteiger partial charge in [-0.3, -0.25) is 0 Å². The first-order valence-corrected chi connectivity index (χ1v) is 6.60. The average molecular weight is 300 g/mol. The highest BCUT2D eigenvalue weighted by molar-refractivity contribution is 9.10. The zero-order valence-corrected chi connectivity index (χ0v) is 10.9. The van der Waals surface area contributed by atoms with Gasteiger partial charge >= 0.3 is 0 Å². The number of halogens is 2. The van der Waals surface area contributed by atoms with Crippen molar-refractivity contribution in [1.82, 2.24) is 5.32 Å². The Labute approximate surface area is 106 Å². The lowest BCUT2D eigenvalue weighted by Gasteiger charge is -2.04. The summed E-state index contributed by atoms with van der Waals surface area (Å²) in [6, 6.07) is 8.85. The standard InChI is InChI=1S/C12H11BrFNS/c13-10-5-6-16-12(10)8-15-7-9-3-1-2-4-11(9)14/h1-6,15H,7-8H2. The van der Waals surface area contributed by atoms with Crippen LogP contribution in [-0.4, -0.2) is 0 Å². The molecule has 1 nitrogen and oxygen atoms in total. The van der Waals surface area contributed by atoms with Crippen molar-refractivity contribution in [1.29, 1.82) is 0 Å². The van der Waals surface area contributed by atoms with Gasteiger partial charge in [0.2, 0.25) is 0 Å². The van der Waals surface area contributed by atoms with Gasteiger partial charge in [-0.2, -0.15) is 0 Å². The molecule has 0 aliphatic heterocycles. The third-order valence-corrected chi connectivity index (χ3v) is 4.18. The Kier molecular flexibility index (Phi) is 4.09. The lowest BCUT2D eigenvalue weighted by atomic mass is 10.2. The predicted molar refractivity (Wildman–Crippen MR) is 69.0 cm³/mol. The van der Waals surface area contributed by atoms with Gasteiger partial charge in [0.1, 0.15) is 5.82 Å². The molecule has 4 heteroatoms. The number of hydrogen-bond acceptors (Lipinski definition) is 2. The lowest BCUT2D eigenvalue weighted by molar-refractivity contribution is 0.589. The highest BCUT2D eigenvalue weighted by Crippen LogP contribution is 2.22. The Hall–Kier alpha value is -0.710. The van der Waals surface area contributed by atoms with E-state index in [1.807, 2.05) is 17.5 Å². The largest absolute Gasteiger partial charge is 0.308 e. The number of hydrogen-bond donors (Lipinski definition) is 1. The van der Waals surface area contributed by atoms with Crippen LogP contribution in [0.5, 0.6) is 0 Å². The van der Waals surface area contributed by atoms with Crippen molar-refractivity contribution < 1.29 is 4.39 Å². The second-order valence-electron chi connectivity index (χ2n) is 3.39. The minimum Gasteiger partial charge on any atom is -0.308 e. The Morgan fingerprint density at radius 2 is 2.00 bits per heavy atom. The van der Waals surface area contributed by atoms with Crippen LogP contribution in [0.4, 0.5) is 4.39 Å². The van der Waals surface area contributed by atoms with E-state index in [-0.39, 0.29) is 5.82 Å². The van der Waals surface area contributed by atoms with Crippen LogP contribution in [0.2, 0.25) is 0 Å². The molecule has 0 spiro atoms. The van der Waals surface area contributed by atoms with Crippen LogP contribution in [0.15, 0.2) is 40.2 Å². The number of thiophene rings is 1. The molecule has 0 aliphatic carbocycles. The molecule has 0 saturated carbocycles. The van der Waals surface area contributed by atoms with Gasteiger partial charge in [0.25, 0.3) is 0 Å². The molecular formula is C12H11BrFNS. The molecule has 0 radical (unpaired) electrons. The Balaban J connectivity index is 1.89. The Bertz CT molecular complexity index is 470. The molecule has 2 aromatic rings. The van der Waals surface area contributed by atoms with Gasteiger partial charge in [-0.1, -0.05) is 18.2 Å². The van der Waals surface area contributed by atoms with Crippen LogP contribution < -0.4 is 5.32 Å². The molecule has 1 N–H and O–H groups in total. The van der Waals surface area contributed by atoms with Crippen molar-refractivity contribution in [2.45, 2.75) is 13.1 Å². The van der Waals surface area contributed by atoms with Crippen LogP contribution >= 0.6 is 27.3 Å². The zero-order valence-electron chi connectivity index (χ0n) is 8.54. The molecule has 84 valence electrons. The summed E-state index contributed by atoms with van der Waals surface area (Å²) in [7, 11) is 0. The van der Waals surface area contributed by atoms with E-state index in [0.29, 0.717) is 12.1 Å². The van der Waals surface area contributed by atoms with Crippen molar-refractivity contribution in [3.63, 3.8) is 0 Å². The maximum Gasteiger partial charge on any atom is 0.127 e. The molecule has 0 fully saturated rings. The summed E-state index contributed by atoms with van der Waals surface area (Å²) in [5, 5.41) is 5.26. The lowest BCUT2D eigenvalue weighted by Crippen LogP contribution is -2.13. The smallest absolute Gasteiger partial charge is 0.127 e. The third-order valence-electron chi connectivity index (χ3n) is 2.25. The summed E-state index contributed by atoms with van der Waals surface area (Å²) in [4.78, 5) is 1.23. The van der Waals surface area contributed by atoms with Gasteiger partial charge in [0, 0.05) is 28.0 Å². The van der Waals surface area contributed by atoms with Crippen molar-refractivity contribution >= 4 is 27.3 Å². The molecule has 0 saturated heterocycles. The normalized spacial score (nSPS) is 10.6. The highest BCUT2D eigenvalue weighted by atomic mass is 79.9. The number of nitrogens with one attached hydrogen (secondary N) is 1. The molecule has 1 aromatic heterocycles. The first-order valence-electron chi connectivity index (χ1n) is 4.93. The predicted octanol–water partition coefficient (Wildman–Crippen LogP) is 3.94. The fourth-order valence-electron chi connectivity index (χ4n) is 1.40. The van der Waals surface area contributed by atoms with Crippen molar-refractivity contribution in [2.24, 2.45) is 0 Å². The van der Waals surface area contributed by atoms with Crippen LogP contribution in [0.3, 0.4) is 0 Å². The van der Waals surface area contributed by atoms with E-state index in [1.54, 1.807) is 23.5 Å². The van der Waals surface area contributed by atoms with Gasteiger partial charge in [-0.05, 0) is 33.4 Å². The maximum absolute atomic E-state index is 13.3. The highest BCUT2D eigenvalue weighted by Gasteiger charge is 2.02. The average Bonchev–Trinajstić information content (AvgIpc) is 2.67. The maximum atomic E-state index is 13.3. The van der Waals surface area contributed by atoms with Crippen LogP contribution in [0.1, 0.15) is 10.4 Å². The Morgan fingerprint density at radius 1 is 1.19 bits per heavy atom. The zero-order chi connectivity index (χ0) is 11.4. The molecule has 1 heterocycles. The van der Waals surface area contributed by atoms with Gasteiger partial charge in [0.05, 0.1) is 0 Å². The van der Waals surface area contributed by atoms with E-state index in [4.69, 9.17) is 0 Å². The van der Waals surface area contributed by atoms with E-state index < -0.39 is 0 Å². The second-order valence-corrected chi connectivity index (χ2v) is 5.24. The fourth-order valence-corrected chi connectivity index (χ4v) is 2.87. The Morgan fingerprint density at radius 3 is 2.69 bits per heavy atom. The van der Waals surface area contributed by atoms with Gasteiger partial charge in [0.15, 0.2) is 0 Å². The molecule has 0 bridgehead atoms. The molecule has 0 unspecified atom stereocenters. The van der Waals surface area contributed by atoms with E-state index in [2.05, 4.69) is 21.2 Å². The third kappa shape index (κ3) is 2.90. The quantitative estimate of drug-likeness (QED) is 0.902. The molecule has 1 aromatic carbocycles. The fraction of sp³-hybridized carbons (Fsp3) is 0.167. The van der Waals surface area contributed by atoms with Crippen LogP contribution in [0, 0.1) is 5.82 Å². The molecule has 16 heavy (non-hydrogen) atoms. The number of benzene rings is 1. The van der Waals surface area contributed by atoms with Crippen molar-refractivity contribution in [3.05, 3.63) is 56.4 Å². The second kappa shape index (κ2) is 5.57. The summed E-state index contributed by atoms with van der Waals surface area (Å²) in [6.45, 7) is 1.31. The molecular weight excluding hydrogens is 289 g/mol. The summed E-state index contributed by atoms with van der Waals surface area (Å²) in [5.41, 5.74) is 0.704. The first-order chi connectivity index (χ1) is 7.77. The van der Waals surface area contributed by atoms with Crippen molar-refractivity contribution in [2.75, 3.05) is 0 Å². The van der Waals surface area contributed by atoms with Crippen molar-refractivity contribution in [3.8, 4) is 0 Å². The summed E-state index contributed by atoms with van der Waals surface area (Å²) in [5.74, 6) is -0.153. The van der Waals surface area contributed by atoms with Gasteiger partial charge in [-0.15, -0.1) is 11.3 Å². The van der Waals surface area contributed by atoms with Crippen LogP contribution in [-0.2, 0) is 13.1 Å². The van der Waals surface area contributed by atoms with E-state index in [9.17, 15) is 4.39 Å². The van der Waals surface area contributed by atoms with E-state index in [1.165, 1.54) is 10.9 Å². The molecule has 0 atom stereocenters. The monoisotopic (exact) mass is 299 g/mol. The van der Waals surface area contributed by atoms with Gasteiger partial charge in [-0.25, -0.2) is 4.39 Å². The van der Waals surface area contributed by atoms with Gasteiger partial charge < -0.3 is 5.32 Å². The van der Waals surface area contributed by atoms with E-state index in [0.717, 1.165) is 11.0 Å². The molecule has 2 rings (SSSR count).